The largest absolute Gasteiger partial charge is 0.321 e. The van der Waals surface area contributed by atoms with Crippen LogP contribution in [0.25, 0.3) is 10.4 Å². The molecule has 1 aromatic heterocycles. The Labute approximate surface area is 194 Å². The van der Waals surface area contributed by atoms with Gasteiger partial charge in [0.25, 0.3) is 5.91 Å². The number of anilines is 1. The standard InChI is InChI=1S/C25H28N2O3S2/c1-3-21-11-7-8-16-27(21)32(29,30)22-14-12-20(13-15-22)26-25(28)23-17-18(2)24(31-23)19-9-5-4-6-10-19/h4-6,9-10,12-15,17,21H,3,7-8,11,16H2,1-2H3,(H,26,28)/t21-/m0/s1. The molecule has 0 saturated carbocycles. The van der Waals surface area contributed by atoms with Crippen LogP contribution in [0.3, 0.4) is 0 Å². The molecule has 4 rings (SSSR count). The van der Waals surface area contributed by atoms with Crippen LogP contribution in [0.2, 0.25) is 0 Å². The van der Waals surface area contributed by atoms with E-state index in [1.165, 1.54) is 11.3 Å². The lowest BCUT2D eigenvalue weighted by molar-refractivity contribution is 0.103. The molecule has 2 aromatic carbocycles. The van der Waals surface area contributed by atoms with Gasteiger partial charge < -0.3 is 5.32 Å². The average molecular weight is 469 g/mol. The van der Waals surface area contributed by atoms with E-state index in [4.69, 9.17) is 0 Å². The highest BCUT2D eigenvalue weighted by molar-refractivity contribution is 7.89. The Hall–Kier alpha value is -2.48. The topological polar surface area (TPSA) is 66.5 Å². The van der Waals surface area contributed by atoms with E-state index in [1.807, 2.05) is 50.2 Å². The zero-order valence-corrected chi connectivity index (χ0v) is 20.0. The molecule has 0 radical (unpaired) electrons. The summed E-state index contributed by atoms with van der Waals surface area (Å²) in [5, 5.41) is 2.89. The number of rotatable bonds is 6. The Kier molecular flexibility index (Phi) is 6.79. The number of thiophene rings is 1. The Bertz CT molecular complexity index is 1190. The Morgan fingerprint density at radius 1 is 1.09 bits per heavy atom. The maximum atomic E-state index is 13.1. The number of carbonyl (C=O) groups excluding carboxylic acids is 1. The van der Waals surface area contributed by atoms with E-state index >= 15 is 0 Å². The number of nitrogens with one attached hydrogen (secondary N) is 1. The van der Waals surface area contributed by atoms with Crippen LogP contribution in [-0.2, 0) is 10.0 Å². The summed E-state index contributed by atoms with van der Waals surface area (Å²) in [4.78, 5) is 14.8. The molecular weight excluding hydrogens is 440 g/mol. The minimum absolute atomic E-state index is 0.0639. The van der Waals surface area contributed by atoms with Crippen LogP contribution >= 0.6 is 11.3 Å². The van der Waals surface area contributed by atoms with Crippen LogP contribution in [0.1, 0.15) is 47.8 Å². The second-order valence-corrected chi connectivity index (χ2v) is 11.1. The zero-order chi connectivity index (χ0) is 22.7. The Balaban J connectivity index is 1.49. The third-order valence-corrected chi connectivity index (χ3v) is 9.19. The molecule has 3 aromatic rings. The van der Waals surface area contributed by atoms with Gasteiger partial charge in [0.1, 0.15) is 0 Å². The van der Waals surface area contributed by atoms with Gasteiger partial charge in [-0.2, -0.15) is 4.31 Å². The number of hydrogen-bond acceptors (Lipinski definition) is 4. The SMILES string of the molecule is CC[C@H]1CCCCN1S(=O)(=O)c1ccc(NC(=O)c2cc(C)c(-c3ccccc3)s2)cc1. The molecule has 1 aliphatic heterocycles. The van der Waals surface area contributed by atoms with Gasteiger partial charge in [-0.1, -0.05) is 43.7 Å². The van der Waals surface area contributed by atoms with Crippen LogP contribution < -0.4 is 5.32 Å². The van der Waals surface area contributed by atoms with Crippen molar-refractivity contribution in [2.75, 3.05) is 11.9 Å². The lowest BCUT2D eigenvalue weighted by atomic mass is 10.0. The smallest absolute Gasteiger partial charge is 0.265 e. The third-order valence-electron chi connectivity index (χ3n) is 5.94. The second kappa shape index (κ2) is 9.57. The van der Waals surface area contributed by atoms with E-state index in [-0.39, 0.29) is 16.8 Å². The maximum absolute atomic E-state index is 13.1. The Morgan fingerprint density at radius 2 is 1.81 bits per heavy atom. The number of sulfonamides is 1. The van der Waals surface area contributed by atoms with Crippen molar-refractivity contribution in [1.82, 2.24) is 4.31 Å². The maximum Gasteiger partial charge on any atom is 0.265 e. The number of carbonyl (C=O) groups is 1. The third kappa shape index (κ3) is 4.65. The predicted molar refractivity (Wildman–Crippen MR) is 131 cm³/mol. The molecule has 0 unspecified atom stereocenters. The van der Waals surface area contributed by atoms with Crippen LogP contribution in [0.15, 0.2) is 65.6 Å². The van der Waals surface area contributed by atoms with E-state index in [0.717, 1.165) is 41.7 Å². The highest BCUT2D eigenvalue weighted by Gasteiger charge is 2.32. The van der Waals surface area contributed by atoms with Crippen molar-refractivity contribution >= 4 is 33.0 Å². The monoisotopic (exact) mass is 468 g/mol. The quantitative estimate of drug-likeness (QED) is 0.488. The van der Waals surface area contributed by atoms with Crippen LogP contribution in [0, 0.1) is 6.92 Å². The van der Waals surface area contributed by atoms with Gasteiger partial charge in [0.05, 0.1) is 9.77 Å². The van der Waals surface area contributed by atoms with Crippen LogP contribution in [0.5, 0.6) is 0 Å². The summed E-state index contributed by atoms with van der Waals surface area (Å²) < 4.78 is 27.9. The minimum Gasteiger partial charge on any atom is -0.321 e. The minimum atomic E-state index is -3.53. The molecule has 1 N–H and O–H groups in total. The van der Waals surface area contributed by atoms with Crippen LogP contribution in [0.4, 0.5) is 5.69 Å². The molecule has 0 bridgehead atoms. The first kappa shape index (κ1) is 22.7. The number of hydrogen-bond donors (Lipinski definition) is 1. The summed E-state index contributed by atoms with van der Waals surface area (Å²) >= 11 is 1.45. The first-order chi connectivity index (χ1) is 15.4. The lowest BCUT2D eigenvalue weighted by Gasteiger charge is -2.34. The summed E-state index contributed by atoms with van der Waals surface area (Å²) in [5.74, 6) is -0.196. The van der Waals surface area contributed by atoms with Crippen LogP contribution in [-0.4, -0.2) is 31.2 Å². The van der Waals surface area contributed by atoms with Gasteiger partial charge in [-0.3, -0.25) is 4.79 Å². The number of piperidine rings is 1. The van der Waals surface area contributed by atoms with Gasteiger partial charge in [0.2, 0.25) is 10.0 Å². The average Bonchev–Trinajstić information content (AvgIpc) is 3.21. The molecule has 1 aliphatic rings. The molecule has 0 spiro atoms. The summed E-state index contributed by atoms with van der Waals surface area (Å²) in [6, 6.07) is 18.4. The number of amides is 1. The van der Waals surface area contributed by atoms with Crippen molar-refractivity contribution in [3.63, 3.8) is 0 Å². The van der Waals surface area contributed by atoms with Gasteiger partial charge in [-0.25, -0.2) is 8.42 Å². The molecule has 0 aliphatic carbocycles. The van der Waals surface area contributed by atoms with E-state index in [0.29, 0.717) is 17.1 Å². The molecule has 1 saturated heterocycles. The molecule has 7 heteroatoms. The van der Waals surface area contributed by atoms with Crippen molar-refractivity contribution < 1.29 is 13.2 Å². The van der Waals surface area contributed by atoms with Crippen molar-refractivity contribution in [2.24, 2.45) is 0 Å². The fourth-order valence-corrected chi connectivity index (χ4v) is 7.05. The van der Waals surface area contributed by atoms with Crippen molar-refractivity contribution in [3.8, 4) is 10.4 Å². The van der Waals surface area contributed by atoms with E-state index in [1.54, 1.807) is 28.6 Å². The summed E-state index contributed by atoms with van der Waals surface area (Å²) in [6.45, 7) is 4.60. The van der Waals surface area contributed by atoms with Crippen molar-refractivity contribution in [2.45, 2.75) is 50.5 Å². The first-order valence-corrected chi connectivity index (χ1v) is 13.2. The number of nitrogens with zero attached hydrogens (tertiary/aromatic N) is 1. The normalized spacial score (nSPS) is 17.2. The number of aryl methyl sites for hydroxylation is 1. The van der Waals surface area contributed by atoms with Gasteiger partial charge in [-0.05, 0) is 67.6 Å². The fourth-order valence-electron chi connectivity index (χ4n) is 4.21. The lowest BCUT2D eigenvalue weighted by Crippen LogP contribution is -2.43. The molecule has 5 nitrogen and oxygen atoms in total. The van der Waals surface area contributed by atoms with E-state index in [2.05, 4.69) is 5.32 Å². The highest BCUT2D eigenvalue weighted by atomic mass is 32.2. The summed E-state index contributed by atoms with van der Waals surface area (Å²) in [5.41, 5.74) is 2.72. The van der Waals surface area contributed by atoms with E-state index < -0.39 is 10.0 Å². The van der Waals surface area contributed by atoms with Crippen molar-refractivity contribution in [1.29, 1.82) is 0 Å². The number of benzene rings is 2. The predicted octanol–water partition coefficient (Wildman–Crippen LogP) is 5.93. The second-order valence-electron chi connectivity index (χ2n) is 8.14. The van der Waals surface area contributed by atoms with E-state index in [9.17, 15) is 13.2 Å². The van der Waals surface area contributed by atoms with Gasteiger partial charge in [-0.15, -0.1) is 11.3 Å². The van der Waals surface area contributed by atoms with Gasteiger partial charge in [0, 0.05) is 23.2 Å². The summed E-state index contributed by atoms with van der Waals surface area (Å²) in [7, 11) is -3.53. The molecule has 1 fully saturated rings. The molecule has 2 heterocycles. The van der Waals surface area contributed by atoms with Gasteiger partial charge in [0.15, 0.2) is 0 Å². The molecule has 1 atom stereocenters. The molecule has 168 valence electrons. The first-order valence-electron chi connectivity index (χ1n) is 11.0. The molecular formula is C25H28N2O3S2. The summed E-state index contributed by atoms with van der Waals surface area (Å²) in [6.07, 6.45) is 3.70. The fraction of sp³-hybridized carbons (Fsp3) is 0.320. The Morgan fingerprint density at radius 3 is 2.50 bits per heavy atom. The highest BCUT2D eigenvalue weighted by Crippen LogP contribution is 2.33. The zero-order valence-electron chi connectivity index (χ0n) is 18.4. The molecule has 1 amide bonds. The van der Waals surface area contributed by atoms with Crippen molar-refractivity contribution in [3.05, 3.63) is 71.1 Å². The molecule has 32 heavy (non-hydrogen) atoms. The van der Waals surface area contributed by atoms with Gasteiger partial charge >= 0.3 is 0 Å².